The molecular formula is C56H40O14S. The Balaban J connectivity index is 1.08. The van der Waals surface area contributed by atoms with Gasteiger partial charge in [0.1, 0.15) is 81.0 Å². The van der Waals surface area contributed by atoms with Crippen LogP contribution in [-0.4, -0.2) is 48.7 Å². The van der Waals surface area contributed by atoms with E-state index in [1.165, 1.54) is 54.6 Å². The van der Waals surface area contributed by atoms with Gasteiger partial charge in [0.15, 0.2) is 0 Å². The topological polar surface area (TPSA) is 237 Å². The molecule has 2 aliphatic heterocycles. The smallest absolute Gasteiger partial charge is 0.446 e. The van der Waals surface area contributed by atoms with Crippen LogP contribution in [0.15, 0.2) is 162 Å². The summed E-state index contributed by atoms with van der Waals surface area (Å²) in [5.41, 5.74) is 6.91. The number of rotatable bonds is 10. The second kappa shape index (κ2) is 17.2. The van der Waals surface area contributed by atoms with E-state index >= 15 is 0 Å². The van der Waals surface area contributed by atoms with Crippen LogP contribution in [0.4, 0.5) is 0 Å². The van der Waals surface area contributed by atoms with Crippen molar-refractivity contribution in [3.05, 3.63) is 202 Å². The molecule has 11 rings (SSSR count). The Morgan fingerprint density at radius 2 is 1.04 bits per heavy atom. The summed E-state index contributed by atoms with van der Waals surface area (Å²) in [5.74, 6) is -1.35. The van der Waals surface area contributed by atoms with Crippen LogP contribution in [0.5, 0.6) is 57.5 Å². The Kier molecular flexibility index (Phi) is 10.8. The largest absolute Gasteiger partial charge is 0.508 e. The third-order valence-corrected chi connectivity index (χ3v) is 13.1. The SMILES string of the molecule is O=S(=O)(O)Oc1ccc(C2Oc3cc(O)cc(-c4c(-c5ccc(O)cc5)oc5ccc(/C=C/c6cc(O)cc7c6C(c6cc(O)cc(O)c6)C(c6ccccc6)O7)cc45)c3C2c2cc(O)cc(O)c2)cc1. The number of aromatic hydroxyl groups is 7. The van der Waals surface area contributed by atoms with E-state index in [2.05, 4.69) is 4.18 Å². The van der Waals surface area contributed by atoms with E-state index < -0.39 is 34.4 Å². The molecule has 9 aromatic rings. The first kappa shape index (κ1) is 44.5. The van der Waals surface area contributed by atoms with Crippen molar-refractivity contribution in [2.24, 2.45) is 0 Å². The Morgan fingerprint density at radius 1 is 0.493 bits per heavy atom. The second-order valence-corrected chi connectivity index (χ2v) is 18.4. The van der Waals surface area contributed by atoms with Crippen molar-refractivity contribution in [2.45, 2.75) is 24.0 Å². The van der Waals surface area contributed by atoms with Crippen LogP contribution in [0.3, 0.4) is 0 Å². The van der Waals surface area contributed by atoms with Gasteiger partial charge in [0.25, 0.3) is 0 Å². The molecule has 1 aromatic heterocycles. The zero-order valence-electron chi connectivity index (χ0n) is 36.9. The van der Waals surface area contributed by atoms with E-state index in [4.69, 9.17) is 13.9 Å². The van der Waals surface area contributed by atoms with Crippen LogP contribution in [0.25, 0.3) is 45.6 Å². The van der Waals surface area contributed by atoms with E-state index in [1.54, 1.807) is 60.7 Å². The Morgan fingerprint density at radius 3 is 1.65 bits per heavy atom. The van der Waals surface area contributed by atoms with Crippen molar-refractivity contribution in [3.8, 4) is 79.9 Å². The van der Waals surface area contributed by atoms with Crippen LogP contribution in [-0.2, 0) is 10.4 Å². The zero-order valence-corrected chi connectivity index (χ0v) is 37.7. The van der Waals surface area contributed by atoms with Gasteiger partial charge in [-0.05, 0) is 124 Å². The first-order valence-electron chi connectivity index (χ1n) is 22.1. The van der Waals surface area contributed by atoms with Gasteiger partial charge >= 0.3 is 10.4 Å². The Bertz CT molecular complexity index is 3660. The average molecular weight is 969 g/mol. The van der Waals surface area contributed by atoms with Gasteiger partial charge in [0, 0.05) is 51.9 Å². The third kappa shape index (κ3) is 8.49. The number of hydrogen-bond donors (Lipinski definition) is 8. The molecule has 0 radical (unpaired) electrons. The summed E-state index contributed by atoms with van der Waals surface area (Å²) in [4.78, 5) is 0. The summed E-state index contributed by atoms with van der Waals surface area (Å²) in [5, 5.41) is 76.4. The van der Waals surface area contributed by atoms with E-state index in [9.17, 15) is 48.7 Å². The number of fused-ring (bicyclic) bond motifs is 3. The number of phenols is 7. The Labute approximate surface area is 405 Å². The quantitative estimate of drug-likeness (QED) is 0.0470. The highest BCUT2D eigenvalue weighted by Gasteiger charge is 2.42. The van der Waals surface area contributed by atoms with Crippen LogP contribution in [0.2, 0.25) is 0 Å². The van der Waals surface area contributed by atoms with Crippen molar-refractivity contribution >= 4 is 33.5 Å². The number of hydrogen-bond acceptors (Lipinski definition) is 13. The standard InChI is InChI=1S/C56H40O14S/c57-36-13-9-31(10-14-36)56-52(45-26-42(63)28-48-53(45)51(35-22-39(60)25-40(61)23-35)55(69-48)32-11-15-43(16-12-32)70-71(64,65)66)44-18-29(7-17-46(44)67-56)6-8-33-19-41(62)27-47-49(33)50(34-20-37(58)24-38(59)21-34)54(68-47)30-4-2-1-3-5-30/h1-28,50-51,54-55,57-63H,(H,64,65,66)/b8-6+. The van der Waals surface area contributed by atoms with Crippen LogP contribution < -0.4 is 13.7 Å². The fraction of sp³-hybridized carbons (Fsp3) is 0.0714. The maximum absolute atomic E-state index is 11.5. The lowest BCUT2D eigenvalue weighted by atomic mass is 9.80. The molecule has 4 unspecified atom stereocenters. The number of benzene rings is 8. The van der Waals surface area contributed by atoms with Crippen LogP contribution >= 0.6 is 0 Å². The number of ether oxygens (including phenoxy) is 2. The first-order valence-corrected chi connectivity index (χ1v) is 23.5. The highest BCUT2D eigenvalue weighted by Crippen LogP contribution is 2.58. The Hall–Kier alpha value is -9.05. The van der Waals surface area contributed by atoms with Gasteiger partial charge in [0.05, 0.1) is 11.8 Å². The molecule has 0 saturated heterocycles. The van der Waals surface area contributed by atoms with Crippen molar-refractivity contribution in [3.63, 3.8) is 0 Å². The normalized spacial score (nSPS) is 17.2. The second-order valence-electron chi connectivity index (χ2n) is 17.4. The minimum Gasteiger partial charge on any atom is -0.508 e. The summed E-state index contributed by atoms with van der Waals surface area (Å²) in [6, 6.07) is 42.0. The van der Waals surface area contributed by atoms with Gasteiger partial charge in [-0.1, -0.05) is 60.7 Å². The number of phenolic OH excluding ortho intramolecular Hbond substituents is 7. The molecule has 0 spiro atoms. The summed E-state index contributed by atoms with van der Waals surface area (Å²) in [6.45, 7) is 0. The maximum Gasteiger partial charge on any atom is 0.446 e. The van der Waals surface area contributed by atoms with E-state index in [1.807, 2.05) is 54.6 Å². The van der Waals surface area contributed by atoms with E-state index in [-0.39, 0.29) is 51.7 Å². The van der Waals surface area contributed by atoms with Crippen LogP contribution in [0, 0.1) is 0 Å². The molecule has 71 heavy (non-hydrogen) atoms. The molecule has 2 aliphatic rings. The zero-order chi connectivity index (χ0) is 49.3. The molecule has 0 fully saturated rings. The molecule has 0 bridgehead atoms. The molecule has 0 amide bonds. The van der Waals surface area contributed by atoms with Gasteiger partial charge in [-0.25, -0.2) is 0 Å². The number of furan rings is 1. The monoisotopic (exact) mass is 968 g/mol. The van der Waals surface area contributed by atoms with Crippen molar-refractivity contribution < 1.29 is 66.8 Å². The fourth-order valence-electron chi connectivity index (χ4n) is 9.92. The minimum absolute atomic E-state index is 0.0205. The van der Waals surface area contributed by atoms with E-state index in [0.29, 0.717) is 78.1 Å². The van der Waals surface area contributed by atoms with E-state index in [0.717, 1.165) is 5.56 Å². The molecule has 4 atom stereocenters. The molecule has 8 aromatic carbocycles. The highest BCUT2D eigenvalue weighted by molar-refractivity contribution is 7.81. The predicted octanol–water partition coefficient (Wildman–Crippen LogP) is 11.6. The summed E-state index contributed by atoms with van der Waals surface area (Å²) in [6.07, 6.45) is 2.22. The summed E-state index contributed by atoms with van der Waals surface area (Å²) >= 11 is 0. The lowest BCUT2D eigenvalue weighted by molar-refractivity contribution is 0.221. The van der Waals surface area contributed by atoms with Gasteiger partial charge < -0.3 is 53.8 Å². The molecule has 3 heterocycles. The van der Waals surface area contributed by atoms with Crippen molar-refractivity contribution in [1.82, 2.24) is 0 Å². The molecule has 354 valence electrons. The van der Waals surface area contributed by atoms with Gasteiger partial charge in [-0.2, -0.15) is 8.42 Å². The molecule has 15 heteroatoms. The van der Waals surface area contributed by atoms with Crippen LogP contribution in [0.1, 0.15) is 68.6 Å². The molecule has 8 N–H and O–H groups in total. The summed E-state index contributed by atoms with van der Waals surface area (Å²) in [7, 11) is -4.82. The fourth-order valence-corrected chi connectivity index (χ4v) is 10.3. The van der Waals surface area contributed by atoms with Crippen molar-refractivity contribution in [1.29, 1.82) is 0 Å². The minimum atomic E-state index is -4.82. The van der Waals surface area contributed by atoms with Gasteiger partial charge in [-0.3, -0.25) is 4.55 Å². The lowest BCUT2D eigenvalue weighted by Crippen LogP contribution is -2.12. The molecule has 0 saturated carbocycles. The summed E-state index contributed by atoms with van der Waals surface area (Å²) < 4.78 is 56.9. The lowest BCUT2D eigenvalue weighted by Gasteiger charge is -2.22. The van der Waals surface area contributed by atoms with Crippen molar-refractivity contribution in [2.75, 3.05) is 0 Å². The first-order chi connectivity index (χ1) is 34.1. The highest BCUT2D eigenvalue weighted by atomic mass is 32.3. The average Bonchev–Trinajstić information content (AvgIpc) is 4.02. The third-order valence-electron chi connectivity index (χ3n) is 12.7. The van der Waals surface area contributed by atoms with Gasteiger partial charge in [-0.15, -0.1) is 0 Å². The molecular weight excluding hydrogens is 929 g/mol. The maximum atomic E-state index is 11.5. The van der Waals surface area contributed by atoms with Gasteiger partial charge in [0.2, 0.25) is 0 Å². The predicted molar refractivity (Wildman–Crippen MR) is 262 cm³/mol. The molecule has 0 aliphatic carbocycles. The molecule has 14 nitrogen and oxygen atoms in total.